The number of methoxy groups -OCH3 is 2. The monoisotopic (exact) mass is 209 g/mol. The minimum Gasteiger partial charge on any atom is -0.388 e. The molecule has 1 N–H and O–H groups in total. The zero-order chi connectivity index (χ0) is 11.3. The van der Waals surface area contributed by atoms with Gasteiger partial charge in [-0.3, -0.25) is 0 Å². The van der Waals surface area contributed by atoms with Gasteiger partial charge in [0.15, 0.2) is 6.29 Å². The van der Waals surface area contributed by atoms with Gasteiger partial charge in [-0.2, -0.15) is 0 Å². The van der Waals surface area contributed by atoms with Crippen LogP contribution in [0.2, 0.25) is 0 Å². The Morgan fingerprint density at radius 3 is 2.40 bits per heavy atom. The second-order valence-electron chi connectivity index (χ2n) is 3.32. The van der Waals surface area contributed by atoms with E-state index < -0.39 is 0 Å². The number of aryl methyl sites for hydroxylation is 1. The summed E-state index contributed by atoms with van der Waals surface area (Å²) in [4.78, 5) is 0. The molecule has 0 fully saturated rings. The summed E-state index contributed by atoms with van der Waals surface area (Å²) < 4.78 is 10.6. The van der Waals surface area contributed by atoms with Crippen LogP contribution in [0.4, 0.5) is 5.69 Å². The molecule has 1 aromatic carbocycles. The van der Waals surface area contributed by atoms with Gasteiger partial charge in [-0.1, -0.05) is 13.0 Å². The maximum atomic E-state index is 5.28. The molecule has 0 aliphatic heterocycles. The smallest absolute Gasteiger partial charge is 0.183 e. The summed E-state index contributed by atoms with van der Waals surface area (Å²) in [7, 11) is 5.21. The van der Waals surface area contributed by atoms with Crippen LogP contribution in [0.3, 0.4) is 0 Å². The third kappa shape index (κ3) is 2.70. The summed E-state index contributed by atoms with van der Waals surface area (Å²) in [6.45, 7) is 2.13. The van der Waals surface area contributed by atoms with Crippen molar-refractivity contribution >= 4 is 5.69 Å². The highest BCUT2D eigenvalue weighted by Crippen LogP contribution is 2.25. The SMILES string of the molecule is CCc1ccc(NC)cc1C(OC)OC. The number of ether oxygens (including phenoxy) is 2. The molecule has 3 nitrogen and oxygen atoms in total. The molecule has 0 aromatic heterocycles. The standard InChI is InChI=1S/C12H19NO2/c1-5-9-6-7-10(13-2)8-11(9)12(14-3)15-4/h6-8,12-13H,5H2,1-4H3. The third-order valence-electron chi connectivity index (χ3n) is 2.50. The van der Waals surface area contributed by atoms with Crippen LogP contribution in [0.5, 0.6) is 0 Å². The Balaban J connectivity index is 3.09. The van der Waals surface area contributed by atoms with Crippen LogP contribution >= 0.6 is 0 Å². The molecule has 0 aliphatic rings. The molecule has 0 spiro atoms. The molecule has 0 heterocycles. The summed E-state index contributed by atoms with van der Waals surface area (Å²) in [5.41, 5.74) is 3.42. The summed E-state index contributed by atoms with van der Waals surface area (Å²) >= 11 is 0. The maximum absolute atomic E-state index is 5.28. The number of benzene rings is 1. The molecule has 1 aromatic rings. The predicted octanol–water partition coefficient (Wildman–Crippen LogP) is 2.58. The van der Waals surface area contributed by atoms with Crippen molar-refractivity contribution in [2.24, 2.45) is 0 Å². The molecule has 0 unspecified atom stereocenters. The van der Waals surface area contributed by atoms with Crippen molar-refractivity contribution in [1.82, 2.24) is 0 Å². The Morgan fingerprint density at radius 1 is 1.27 bits per heavy atom. The molecule has 0 saturated carbocycles. The van der Waals surface area contributed by atoms with Crippen molar-refractivity contribution < 1.29 is 9.47 Å². The molecule has 0 aliphatic carbocycles. The first-order chi connectivity index (χ1) is 7.26. The van der Waals surface area contributed by atoms with Crippen LogP contribution in [0.25, 0.3) is 0 Å². The molecule has 1 rings (SSSR count). The summed E-state index contributed by atoms with van der Waals surface area (Å²) in [6, 6.07) is 6.23. The average molecular weight is 209 g/mol. The van der Waals surface area contributed by atoms with Gasteiger partial charge in [0, 0.05) is 32.5 Å². The van der Waals surface area contributed by atoms with Crippen molar-refractivity contribution in [3.8, 4) is 0 Å². The molecule has 15 heavy (non-hydrogen) atoms. The average Bonchev–Trinajstić information content (AvgIpc) is 2.30. The van der Waals surface area contributed by atoms with E-state index in [1.54, 1.807) is 14.2 Å². The first kappa shape index (κ1) is 12.0. The molecular formula is C12H19NO2. The lowest BCUT2D eigenvalue weighted by atomic mass is 10.0. The highest BCUT2D eigenvalue weighted by Gasteiger charge is 2.13. The summed E-state index contributed by atoms with van der Waals surface area (Å²) in [5, 5.41) is 3.11. The number of rotatable bonds is 5. The fraction of sp³-hybridized carbons (Fsp3) is 0.500. The van der Waals surface area contributed by atoms with Crippen molar-refractivity contribution in [2.45, 2.75) is 19.6 Å². The van der Waals surface area contributed by atoms with E-state index >= 15 is 0 Å². The maximum Gasteiger partial charge on any atom is 0.183 e. The van der Waals surface area contributed by atoms with Crippen molar-refractivity contribution in [3.05, 3.63) is 29.3 Å². The Labute approximate surface area is 91.4 Å². The topological polar surface area (TPSA) is 30.5 Å². The molecular weight excluding hydrogens is 190 g/mol. The van der Waals surface area contributed by atoms with Gasteiger partial charge in [-0.25, -0.2) is 0 Å². The van der Waals surface area contributed by atoms with Gasteiger partial charge < -0.3 is 14.8 Å². The second kappa shape index (κ2) is 5.73. The molecule has 84 valence electrons. The van der Waals surface area contributed by atoms with Crippen LogP contribution < -0.4 is 5.32 Å². The van der Waals surface area contributed by atoms with Gasteiger partial charge in [-0.05, 0) is 24.1 Å². The van der Waals surface area contributed by atoms with E-state index in [9.17, 15) is 0 Å². The van der Waals surface area contributed by atoms with Gasteiger partial charge in [0.1, 0.15) is 0 Å². The molecule has 3 heteroatoms. The molecule has 0 radical (unpaired) electrons. The van der Waals surface area contributed by atoms with E-state index in [0.29, 0.717) is 0 Å². The zero-order valence-corrected chi connectivity index (χ0v) is 9.83. The van der Waals surface area contributed by atoms with Crippen LogP contribution in [0, 0.1) is 0 Å². The molecule has 0 amide bonds. The van der Waals surface area contributed by atoms with E-state index in [-0.39, 0.29) is 6.29 Å². The van der Waals surface area contributed by atoms with E-state index in [1.165, 1.54) is 5.56 Å². The number of nitrogens with one attached hydrogen (secondary N) is 1. The van der Waals surface area contributed by atoms with E-state index in [1.807, 2.05) is 7.05 Å². The fourth-order valence-corrected chi connectivity index (χ4v) is 1.64. The van der Waals surface area contributed by atoms with E-state index in [4.69, 9.17) is 9.47 Å². The second-order valence-corrected chi connectivity index (χ2v) is 3.32. The molecule has 0 saturated heterocycles. The van der Waals surface area contributed by atoms with Crippen LogP contribution in [0.1, 0.15) is 24.3 Å². The molecule has 0 bridgehead atoms. The van der Waals surface area contributed by atoms with Crippen molar-refractivity contribution in [1.29, 1.82) is 0 Å². The Hall–Kier alpha value is -1.06. The quantitative estimate of drug-likeness (QED) is 0.756. The zero-order valence-electron chi connectivity index (χ0n) is 9.83. The first-order valence-corrected chi connectivity index (χ1v) is 5.13. The predicted molar refractivity (Wildman–Crippen MR) is 62.1 cm³/mol. The Bertz CT molecular complexity index is 308. The van der Waals surface area contributed by atoms with Gasteiger partial charge in [0.2, 0.25) is 0 Å². The van der Waals surface area contributed by atoms with Crippen LogP contribution in [-0.2, 0) is 15.9 Å². The number of hydrogen-bond acceptors (Lipinski definition) is 3. The first-order valence-electron chi connectivity index (χ1n) is 5.13. The minimum absolute atomic E-state index is 0.284. The molecule has 0 atom stereocenters. The van der Waals surface area contributed by atoms with Gasteiger partial charge in [0.25, 0.3) is 0 Å². The Kier molecular flexibility index (Phi) is 4.59. The van der Waals surface area contributed by atoms with Gasteiger partial charge in [0.05, 0.1) is 0 Å². The van der Waals surface area contributed by atoms with E-state index in [2.05, 4.69) is 30.4 Å². The van der Waals surface area contributed by atoms with Crippen LogP contribution in [0.15, 0.2) is 18.2 Å². The summed E-state index contributed by atoms with van der Waals surface area (Å²) in [6.07, 6.45) is 0.691. The van der Waals surface area contributed by atoms with Crippen molar-refractivity contribution in [3.63, 3.8) is 0 Å². The fourth-order valence-electron chi connectivity index (χ4n) is 1.64. The lowest BCUT2D eigenvalue weighted by molar-refractivity contribution is -0.106. The van der Waals surface area contributed by atoms with Gasteiger partial charge in [-0.15, -0.1) is 0 Å². The van der Waals surface area contributed by atoms with Gasteiger partial charge >= 0.3 is 0 Å². The minimum atomic E-state index is -0.284. The Morgan fingerprint density at radius 2 is 1.93 bits per heavy atom. The highest BCUT2D eigenvalue weighted by atomic mass is 16.7. The van der Waals surface area contributed by atoms with Crippen molar-refractivity contribution in [2.75, 3.05) is 26.6 Å². The lowest BCUT2D eigenvalue weighted by Gasteiger charge is -2.18. The third-order valence-corrected chi connectivity index (χ3v) is 2.50. The largest absolute Gasteiger partial charge is 0.388 e. The normalized spacial score (nSPS) is 10.7. The summed E-state index contributed by atoms with van der Waals surface area (Å²) in [5.74, 6) is 0. The number of hydrogen-bond donors (Lipinski definition) is 1. The van der Waals surface area contributed by atoms with Crippen LogP contribution in [-0.4, -0.2) is 21.3 Å². The lowest BCUT2D eigenvalue weighted by Crippen LogP contribution is -2.07. The van der Waals surface area contributed by atoms with E-state index in [0.717, 1.165) is 17.7 Å². The highest BCUT2D eigenvalue weighted by molar-refractivity contribution is 5.48. The number of anilines is 1.